The summed E-state index contributed by atoms with van der Waals surface area (Å²) in [5.74, 6) is 2.08. The molecule has 2 aromatic heterocycles. The van der Waals surface area contributed by atoms with E-state index in [-0.39, 0.29) is 12.5 Å². The number of hydrogen-bond donors (Lipinski definition) is 1. The van der Waals surface area contributed by atoms with E-state index >= 15 is 0 Å². The van der Waals surface area contributed by atoms with Crippen LogP contribution in [-0.2, 0) is 6.54 Å². The number of para-hydroxylation sites is 1. The Kier molecular flexibility index (Phi) is 5.75. The Morgan fingerprint density at radius 2 is 1.71 bits per heavy atom. The van der Waals surface area contributed by atoms with Crippen molar-refractivity contribution in [3.63, 3.8) is 0 Å². The number of nitrogens with zero attached hydrogens (tertiary/aromatic N) is 1. The van der Waals surface area contributed by atoms with Crippen molar-refractivity contribution >= 4 is 16.8 Å². The van der Waals surface area contributed by atoms with Gasteiger partial charge in [0.05, 0.1) is 50.8 Å². The van der Waals surface area contributed by atoms with Gasteiger partial charge in [-0.3, -0.25) is 4.79 Å². The molecule has 31 heavy (non-hydrogen) atoms. The van der Waals surface area contributed by atoms with Gasteiger partial charge in [0.15, 0.2) is 5.76 Å². The predicted octanol–water partition coefficient (Wildman–Crippen LogP) is 4.45. The molecule has 2 aromatic carbocycles. The van der Waals surface area contributed by atoms with Crippen LogP contribution in [0.25, 0.3) is 22.4 Å². The van der Waals surface area contributed by atoms with Gasteiger partial charge in [0.1, 0.15) is 22.9 Å². The average molecular weight is 418 g/mol. The molecular formula is C24H22N2O5. The second kappa shape index (κ2) is 8.79. The summed E-state index contributed by atoms with van der Waals surface area (Å²) < 4.78 is 21.7. The number of hydrogen-bond acceptors (Lipinski definition) is 6. The molecule has 1 amide bonds. The zero-order valence-corrected chi connectivity index (χ0v) is 17.5. The van der Waals surface area contributed by atoms with Crippen molar-refractivity contribution in [3.05, 3.63) is 72.0 Å². The van der Waals surface area contributed by atoms with Crippen LogP contribution in [0, 0.1) is 0 Å². The van der Waals surface area contributed by atoms with Gasteiger partial charge in [0.2, 0.25) is 0 Å². The highest BCUT2D eigenvalue weighted by Crippen LogP contribution is 2.34. The van der Waals surface area contributed by atoms with E-state index in [9.17, 15) is 4.79 Å². The Hall–Kier alpha value is -4.00. The molecule has 0 saturated carbocycles. The SMILES string of the molecule is COc1cc(OC)c(CNC(=O)c2cc(-c3ccco3)nc3ccccc23)c(OC)c1. The monoisotopic (exact) mass is 418 g/mol. The molecule has 7 nitrogen and oxygen atoms in total. The molecule has 2 heterocycles. The molecule has 4 rings (SSSR count). The second-order valence-corrected chi connectivity index (χ2v) is 6.74. The number of ether oxygens (including phenoxy) is 3. The van der Waals surface area contributed by atoms with Crippen LogP contribution in [-0.4, -0.2) is 32.2 Å². The first kappa shape index (κ1) is 20.3. The number of amides is 1. The maximum absolute atomic E-state index is 13.2. The summed E-state index contributed by atoms with van der Waals surface area (Å²) in [6.45, 7) is 0.210. The molecule has 0 saturated heterocycles. The third-order valence-electron chi connectivity index (χ3n) is 4.98. The largest absolute Gasteiger partial charge is 0.496 e. The van der Waals surface area contributed by atoms with Gasteiger partial charge in [0, 0.05) is 17.5 Å². The molecule has 0 spiro atoms. The first-order valence-corrected chi connectivity index (χ1v) is 9.65. The zero-order chi connectivity index (χ0) is 21.8. The van der Waals surface area contributed by atoms with E-state index in [1.807, 2.05) is 30.3 Å². The highest BCUT2D eigenvalue weighted by Gasteiger charge is 2.18. The van der Waals surface area contributed by atoms with Gasteiger partial charge in [-0.1, -0.05) is 18.2 Å². The summed E-state index contributed by atoms with van der Waals surface area (Å²) in [5, 5.41) is 3.72. The lowest BCUT2D eigenvalue weighted by Crippen LogP contribution is -2.24. The van der Waals surface area contributed by atoms with Crippen molar-refractivity contribution in [2.75, 3.05) is 21.3 Å². The molecule has 0 bridgehead atoms. The number of fused-ring (bicyclic) bond motifs is 1. The number of aromatic nitrogens is 1. The normalized spacial score (nSPS) is 10.7. The fourth-order valence-corrected chi connectivity index (χ4v) is 3.43. The molecule has 0 aliphatic carbocycles. The number of nitrogens with one attached hydrogen (secondary N) is 1. The molecule has 4 aromatic rings. The summed E-state index contributed by atoms with van der Waals surface area (Å²) >= 11 is 0. The minimum absolute atomic E-state index is 0.210. The number of carbonyl (C=O) groups excluding carboxylic acids is 1. The van der Waals surface area contributed by atoms with Crippen LogP contribution in [0.3, 0.4) is 0 Å². The number of benzene rings is 2. The van der Waals surface area contributed by atoms with Gasteiger partial charge in [0.25, 0.3) is 5.91 Å². The van der Waals surface area contributed by atoms with Gasteiger partial charge in [-0.15, -0.1) is 0 Å². The summed E-state index contributed by atoms with van der Waals surface area (Å²) in [7, 11) is 4.69. The van der Waals surface area contributed by atoms with Gasteiger partial charge < -0.3 is 23.9 Å². The van der Waals surface area contributed by atoms with Crippen molar-refractivity contribution in [3.8, 4) is 28.7 Å². The summed E-state index contributed by atoms with van der Waals surface area (Å²) in [6.07, 6.45) is 1.58. The zero-order valence-electron chi connectivity index (χ0n) is 17.5. The number of pyridine rings is 1. The first-order valence-electron chi connectivity index (χ1n) is 9.65. The van der Waals surface area contributed by atoms with E-state index in [1.54, 1.807) is 51.9 Å². The topological polar surface area (TPSA) is 82.8 Å². The Bertz CT molecular complexity index is 1190. The highest BCUT2D eigenvalue weighted by molar-refractivity contribution is 6.07. The smallest absolute Gasteiger partial charge is 0.252 e. The standard InChI is InChI=1S/C24H22N2O5/c1-28-15-11-22(29-2)18(23(12-15)30-3)14-25-24(27)17-13-20(21-9-6-10-31-21)26-19-8-5-4-7-16(17)19/h4-13H,14H2,1-3H3,(H,25,27). The predicted molar refractivity (Wildman–Crippen MR) is 117 cm³/mol. The van der Waals surface area contributed by atoms with Gasteiger partial charge in [-0.2, -0.15) is 0 Å². The lowest BCUT2D eigenvalue weighted by molar-refractivity contribution is 0.0952. The van der Waals surface area contributed by atoms with Crippen molar-refractivity contribution in [1.29, 1.82) is 0 Å². The van der Waals surface area contributed by atoms with Gasteiger partial charge in [-0.05, 0) is 24.3 Å². The maximum atomic E-state index is 13.2. The number of carbonyl (C=O) groups is 1. The quantitative estimate of drug-likeness (QED) is 0.477. The molecule has 7 heteroatoms. The van der Waals surface area contributed by atoms with E-state index < -0.39 is 0 Å². The minimum Gasteiger partial charge on any atom is -0.496 e. The van der Waals surface area contributed by atoms with Crippen molar-refractivity contribution in [1.82, 2.24) is 10.3 Å². The Morgan fingerprint density at radius 1 is 0.968 bits per heavy atom. The maximum Gasteiger partial charge on any atom is 0.252 e. The van der Waals surface area contributed by atoms with Crippen LogP contribution >= 0.6 is 0 Å². The minimum atomic E-state index is -0.244. The molecule has 0 aliphatic rings. The average Bonchev–Trinajstić information content (AvgIpc) is 3.36. The van der Waals surface area contributed by atoms with E-state index in [0.717, 1.165) is 5.39 Å². The Labute approximate surface area is 179 Å². The molecule has 158 valence electrons. The van der Waals surface area contributed by atoms with E-state index in [4.69, 9.17) is 18.6 Å². The Balaban J connectivity index is 1.68. The van der Waals surface area contributed by atoms with Crippen LogP contribution in [0.1, 0.15) is 15.9 Å². The fraction of sp³-hybridized carbons (Fsp3) is 0.167. The molecule has 0 fully saturated rings. The van der Waals surface area contributed by atoms with Gasteiger partial charge in [-0.25, -0.2) is 4.98 Å². The number of methoxy groups -OCH3 is 3. The molecule has 1 N–H and O–H groups in total. The summed E-state index contributed by atoms with van der Waals surface area (Å²) in [6, 6.07) is 16.3. The van der Waals surface area contributed by atoms with Crippen molar-refractivity contribution in [2.45, 2.75) is 6.54 Å². The molecule has 0 atom stereocenters. The first-order chi connectivity index (χ1) is 15.1. The number of rotatable bonds is 7. The lowest BCUT2D eigenvalue weighted by atomic mass is 10.1. The Morgan fingerprint density at radius 3 is 2.35 bits per heavy atom. The van der Waals surface area contributed by atoms with Crippen LogP contribution < -0.4 is 19.5 Å². The van der Waals surface area contributed by atoms with Crippen LogP contribution in [0.4, 0.5) is 0 Å². The summed E-state index contributed by atoms with van der Waals surface area (Å²) in [5.41, 5.74) is 2.52. The molecule has 0 radical (unpaired) electrons. The van der Waals surface area contributed by atoms with Crippen LogP contribution in [0.2, 0.25) is 0 Å². The number of furan rings is 1. The third-order valence-corrected chi connectivity index (χ3v) is 4.98. The van der Waals surface area contributed by atoms with Gasteiger partial charge >= 0.3 is 0 Å². The highest BCUT2D eigenvalue weighted by atomic mass is 16.5. The molecule has 0 aliphatic heterocycles. The van der Waals surface area contributed by atoms with Crippen LogP contribution in [0.5, 0.6) is 17.2 Å². The van der Waals surface area contributed by atoms with E-state index in [2.05, 4.69) is 10.3 Å². The fourth-order valence-electron chi connectivity index (χ4n) is 3.43. The lowest BCUT2D eigenvalue weighted by Gasteiger charge is -2.16. The third kappa shape index (κ3) is 4.02. The van der Waals surface area contributed by atoms with E-state index in [0.29, 0.717) is 45.3 Å². The summed E-state index contributed by atoms with van der Waals surface area (Å²) in [4.78, 5) is 17.8. The molecular weight excluding hydrogens is 396 g/mol. The van der Waals surface area contributed by atoms with Crippen LogP contribution in [0.15, 0.2) is 65.3 Å². The second-order valence-electron chi connectivity index (χ2n) is 6.74. The van der Waals surface area contributed by atoms with E-state index in [1.165, 1.54) is 0 Å². The van der Waals surface area contributed by atoms with Crippen molar-refractivity contribution in [2.24, 2.45) is 0 Å². The van der Waals surface area contributed by atoms with Crippen molar-refractivity contribution < 1.29 is 23.4 Å². The molecule has 0 unspecified atom stereocenters.